The third-order valence-corrected chi connectivity index (χ3v) is 13.7. The molecule has 0 radical (unpaired) electrons. The standard InChI is InChI=1S/C43H57BN4O7/c1-42(2)32-22-36(42)43(3)37(23-32)54-44(55-43)38-16-10-8-6-5-7-9-13-21-46(25-29-17-19-33(52-4)20-18-29)40(50)48-28-34(24-35(48)39(49)45-38)53-41(51)47-26-30-14-11-12-15-31(30)27-47/h9,11-15,17-20,32,34-38H,5-8,10,16,21-28H2,1-4H3,(H,45,49)/b13-9+/t32-,34-,35?,36-,37?,38+,43-/m1/s1. The number of carbonyl (C=O) groups is 3. The summed E-state index contributed by atoms with van der Waals surface area (Å²) in [6.45, 7) is 8.69. The Hall–Kier alpha value is -4.03. The second-order valence-corrected chi connectivity index (χ2v) is 17.5. The zero-order valence-corrected chi connectivity index (χ0v) is 32.9. The van der Waals surface area contributed by atoms with Gasteiger partial charge in [-0.2, -0.15) is 0 Å². The molecule has 0 aromatic heterocycles. The summed E-state index contributed by atoms with van der Waals surface area (Å²) in [5.74, 6) is 1.12. The summed E-state index contributed by atoms with van der Waals surface area (Å²) in [6, 6.07) is 14.6. The molecule has 2 unspecified atom stereocenters. The predicted molar refractivity (Wildman–Crippen MR) is 209 cm³/mol. The van der Waals surface area contributed by atoms with Crippen molar-refractivity contribution in [1.29, 1.82) is 0 Å². The Morgan fingerprint density at radius 1 is 0.945 bits per heavy atom. The van der Waals surface area contributed by atoms with Gasteiger partial charge in [-0.25, -0.2) is 9.59 Å². The first-order valence-corrected chi connectivity index (χ1v) is 20.5. The fourth-order valence-corrected chi connectivity index (χ4v) is 10.3. The number of allylic oxidation sites excluding steroid dienone is 1. The van der Waals surface area contributed by atoms with Crippen LogP contribution in [0.1, 0.15) is 95.2 Å². The van der Waals surface area contributed by atoms with E-state index in [0.29, 0.717) is 44.4 Å². The number of rotatable bonds is 5. The monoisotopic (exact) mass is 752 g/mol. The lowest BCUT2D eigenvalue weighted by atomic mass is 9.43. The van der Waals surface area contributed by atoms with Crippen molar-refractivity contribution in [1.82, 2.24) is 20.0 Å². The van der Waals surface area contributed by atoms with E-state index >= 15 is 0 Å². The molecule has 294 valence electrons. The molecule has 3 saturated carbocycles. The SMILES string of the molecule is COc1ccc(CN2C/C=C/CCCCCC[C@@H](B3OC4C[C@H]5C[C@H](C5(C)C)[C@@]4(C)O3)NC(=O)C3C[C@@H](OC(=O)N4Cc5ccccc5C4)CN3C2=O)cc1. The predicted octanol–water partition coefficient (Wildman–Crippen LogP) is 6.88. The van der Waals surface area contributed by atoms with Crippen molar-refractivity contribution in [3.05, 3.63) is 77.4 Å². The van der Waals surface area contributed by atoms with Crippen molar-refractivity contribution in [2.45, 2.75) is 128 Å². The van der Waals surface area contributed by atoms with Gasteiger partial charge in [-0.1, -0.05) is 81.7 Å². The highest BCUT2D eigenvalue weighted by Crippen LogP contribution is 2.65. The van der Waals surface area contributed by atoms with Crippen LogP contribution in [-0.2, 0) is 38.5 Å². The number of ether oxygens (including phenoxy) is 2. The zero-order valence-electron chi connectivity index (χ0n) is 32.9. The fourth-order valence-electron chi connectivity index (χ4n) is 10.3. The van der Waals surface area contributed by atoms with Gasteiger partial charge in [0.05, 0.1) is 31.3 Å². The first kappa shape index (κ1) is 37.9. The Kier molecular flexibility index (Phi) is 10.7. The zero-order chi connectivity index (χ0) is 38.3. The molecule has 12 heteroatoms. The highest BCUT2D eigenvalue weighted by atomic mass is 16.7. The van der Waals surface area contributed by atoms with Crippen LogP contribution in [0.4, 0.5) is 9.59 Å². The Balaban J connectivity index is 1.04. The molecule has 0 spiro atoms. The van der Waals surface area contributed by atoms with E-state index in [2.05, 4.69) is 38.2 Å². The first-order chi connectivity index (χ1) is 26.5. The number of nitrogens with zero attached hydrogens (tertiary/aromatic N) is 3. The van der Waals surface area contributed by atoms with Gasteiger partial charge in [0.2, 0.25) is 5.91 Å². The minimum absolute atomic E-state index is 0.00471. The lowest BCUT2D eigenvalue weighted by Gasteiger charge is -2.64. The molecule has 2 aromatic rings. The number of urea groups is 1. The summed E-state index contributed by atoms with van der Waals surface area (Å²) in [5, 5.41) is 3.35. The van der Waals surface area contributed by atoms with Gasteiger partial charge in [0.15, 0.2) is 0 Å². The van der Waals surface area contributed by atoms with Gasteiger partial charge >= 0.3 is 19.2 Å². The van der Waals surface area contributed by atoms with E-state index in [1.165, 1.54) is 0 Å². The summed E-state index contributed by atoms with van der Waals surface area (Å²) in [7, 11) is 1.06. The van der Waals surface area contributed by atoms with Crippen molar-refractivity contribution in [3.8, 4) is 5.75 Å². The minimum Gasteiger partial charge on any atom is -0.497 e. The molecule has 4 aliphatic heterocycles. The highest BCUT2D eigenvalue weighted by molar-refractivity contribution is 6.48. The molecule has 9 rings (SSSR count). The second-order valence-electron chi connectivity index (χ2n) is 17.5. The van der Waals surface area contributed by atoms with Gasteiger partial charge in [-0.15, -0.1) is 0 Å². The molecule has 55 heavy (non-hydrogen) atoms. The molecule has 4 amide bonds. The van der Waals surface area contributed by atoms with Crippen molar-refractivity contribution in [3.63, 3.8) is 0 Å². The molecule has 7 atom stereocenters. The lowest BCUT2D eigenvalue weighted by molar-refractivity contribution is -0.199. The molecule has 3 aliphatic carbocycles. The molecule has 4 heterocycles. The Labute approximate surface area is 326 Å². The van der Waals surface area contributed by atoms with Crippen LogP contribution in [0.3, 0.4) is 0 Å². The van der Waals surface area contributed by atoms with E-state index in [4.69, 9.17) is 18.8 Å². The van der Waals surface area contributed by atoms with E-state index in [9.17, 15) is 14.4 Å². The number of nitrogens with one attached hydrogen (secondary N) is 1. The van der Waals surface area contributed by atoms with Crippen LogP contribution in [-0.4, -0.2) is 89.8 Å². The average molecular weight is 753 g/mol. The number of carbonyl (C=O) groups excluding carboxylic acids is 3. The largest absolute Gasteiger partial charge is 0.497 e. The van der Waals surface area contributed by atoms with Crippen LogP contribution in [0, 0.1) is 17.3 Å². The topological polar surface area (TPSA) is 110 Å². The summed E-state index contributed by atoms with van der Waals surface area (Å²) < 4.78 is 25.1. The Morgan fingerprint density at radius 3 is 2.42 bits per heavy atom. The smallest absolute Gasteiger partial charge is 0.481 e. The molecule has 7 aliphatic rings. The second kappa shape index (κ2) is 15.5. The highest BCUT2D eigenvalue weighted by Gasteiger charge is 2.68. The minimum atomic E-state index is -0.843. The Morgan fingerprint density at radius 2 is 1.69 bits per heavy atom. The number of methoxy groups -OCH3 is 1. The third kappa shape index (κ3) is 7.48. The molecular formula is C43H57BN4O7. The van der Waals surface area contributed by atoms with E-state index < -0.39 is 31.0 Å². The molecule has 11 nitrogen and oxygen atoms in total. The number of benzene rings is 2. The van der Waals surface area contributed by atoms with E-state index in [-0.39, 0.29) is 42.4 Å². The number of hydrogen-bond acceptors (Lipinski definition) is 7. The van der Waals surface area contributed by atoms with Crippen LogP contribution in [0.25, 0.3) is 0 Å². The lowest BCUT2D eigenvalue weighted by Crippen LogP contribution is -2.65. The van der Waals surface area contributed by atoms with E-state index in [0.717, 1.165) is 67.4 Å². The van der Waals surface area contributed by atoms with Crippen LogP contribution >= 0.6 is 0 Å². The molecule has 1 N–H and O–H groups in total. The first-order valence-electron chi connectivity index (χ1n) is 20.5. The molecule has 2 aromatic carbocycles. The maximum absolute atomic E-state index is 14.7. The Bertz CT molecular complexity index is 1750. The van der Waals surface area contributed by atoms with E-state index in [1.807, 2.05) is 48.5 Å². The summed E-state index contributed by atoms with van der Waals surface area (Å²) in [6.07, 6.45) is 11.2. The van der Waals surface area contributed by atoms with E-state index in [1.54, 1.807) is 21.8 Å². The van der Waals surface area contributed by atoms with Gasteiger partial charge in [0.1, 0.15) is 17.9 Å². The van der Waals surface area contributed by atoms with Crippen LogP contribution in [0.5, 0.6) is 5.75 Å². The molecule has 5 fully saturated rings. The van der Waals surface area contributed by atoms with Gasteiger partial charge < -0.3 is 33.9 Å². The number of hydrogen-bond donors (Lipinski definition) is 1. The van der Waals surface area contributed by atoms with Crippen molar-refractivity contribution in [2.75, 3.05) is 20.2 Å². The van der Waals surface area contributed by atoms with Crippen LogP contribution in [0.15, 0.2) is 60.7 Å². The van der Waals surface area contributed by atoms with Crippen molar-refractivity contribution < 1.29 is 33.2 Å². The fraction of sp³-hybridized carbons (Fsp3) is 0.605. The molecule has 2 saturated heterocycles. The number of amides is 4. The normalized spacial score (nSPS) is 32.6. The molecule has 2 bridgehead atoms. The van der Waals surface area contributed by atoms with Crippen LogP contribution in [0.2, 0.25) is 0 Å². The summed E-state index contributed by atoms with van der Waals surface area (Å²) >= 11 is 0. The maximum atomic E-state index is 14.7. The quantitative estimate of drug-likeness (QED) is 0.262. The van der Waals surface area contributed by atoms with Gasteiger partial charge in [-0.05, 0) is 85.1 Å². The third-order valence-electron chi connectivity index (χ3n) is 13.7. The van der Waals surface area contributed by atoms with Gasteiger partial charge in [0.25, 0.3) is 0 Å². The van der Waals surface area contributed by atoms with Crippen molar-refractivity contribution >= 4 is 25.1 Å². The van der Waals surface area contributed by atoms with Gasteiger partial charge in [-0.3, -0.25) is 9.69 Å². The van der Waals surface area contributed by atoms with Crippen LogP contribution < -0.4 is 10.1 Å². The van der Waals surface area contributed by atoms with Crippen molar-refractivity contribution in [2.24, 2.45) is 17.3 Å². The maximum Gasteiger partial charge on any atom is 0.481 e. The number of fused-ring (bicyclic) bond motifs is 2. The molecular weight excluding hydrogens is 695 g/mol. The summed E-state index contributed by atoms with van der Waals surface area (Å²) in [5.41, 5.74) is 2.95. The average Bonchev–Trinajstić information content (AvgIpc) is 3.90. The summed E-state index contributed by atoms with van der Waals surface area (Å²) in [4.78, 5) is 48.0. The van der Waals surface area contributed by atoms with Gasteiger partial charge in [0, 0.05) is 32.6 Å².